The molecule has 48 heavy (non-hydrogen) atoms. The van der Waals surface area contributed by atoms with Crippen LogP contribution in [0.15, 0.2) is 17.8 Å². The number of carbonyl (C=O) groups excluding carboxylic acids is 2. The molecule has 0 aromatic rings. The van der Waals surface area contributed by atoms with Crippen molar-refractivity contribution >= 4 is 19.9 Å². The summed E-state index contributed by atoms with van der Waals surface area (Å²) in [6, 6.07) is -0.719. The Kier molecular flexibility index (Phi) is 28.5. The quantitative estimate of drug-likeness (QED) is 0.0138. The highest BCUT2D eigenvalue weighted by atomic mass is 31.2. The summed E-state index contributed by atoms with van der Waals surface area (Å²) in [6.07, 6.45) is 19.2. The molecule has 0 heterocycles. The molecule has 0 aromatic carbocycles. The van der Waals surface area contributed by atoms with Crippen molar-refractivity contribution in [3.05, 3.63) is 23.1 Å². The number of hydrogen-bond donors (Lipinski definition) is 1. The van der Waals surface area contributed by atoms with E-state index in [1.807, 2.05) is 0 Å². The van der Waals surface area contributed by atoms with Gasteiger partial charge in [0.2, 0.25) is 0 Å². The third-order valence-corrected chi connectivity index (χ3v) is 8.98. The maximum absolute atomic E-state index is 13.3. The summed E-state index contributed by atoms with van der Waals surface area (Å²) in [5.74, 6) is -0.301. The number of carbonyl (C=O) groups is 2. The zero-order valence-corrected chi connectivity index (χ0v) is 31.7. The van der Waals surface area contributed by atoms with Crippen molar-refractivity contribution in [1.82, 2.24) is 5.32 Å². The molecule has 12 nitrogen and oxygen atoms in total. The van der Waals surface area contributed by atoms with E-state index in [9.17, 15) is 19.7 Å². The third-order valence-electron chi connectivity index (χ3n) is 7.52. The average molecular weight is 703 g/mol. The molecule has 0 aliphatic heterocycles. The Bertz CT molecular complexity index is 940. The van der Waals surface area contributed by atoms with Crippen LogP contribution < -0.4 is 5.32 Å². The predicted octanol–water partition coefficient (Wildman–Crippen LogP) is 10.9. The first kappa shape index (κ1) is 45.9. The lowest BCUT2D eigenvalue weighted by Crippen LogP contribution is -2.34. The Hall–Kier alpha value is -2.10. The molecule has 2 unspecified atom stereocenters. The number of phosphoric ester groups is 1. The normalized spacial score (nSPS) is 13.9. The fraction of sp³-hybridized carbons (Fsp3) is 0.886. The van der Waals surface area contributed by atoms with Gasteiger partial charge in [-0.3, -0.25) is 18.4 Å². The van der Waals surface area contributed by atoms with Gasteiger partial charge in [-0.05, 0) is 52.0 Å². The lowest BCUT2D eigenvalue weighted by atomic mass is 10.0. The van der Waals surface area contributed by atoms with Crippen LogP contribution >= 0.6 is 7.82 Å². The lowest BCUT2D eigenvalue weighted by Gasteiger charge is -2.25. The van der Waals surface area contributed by atoms with E-state index in [4.69, 9.17) is 23.0 Å². The van der Waals surface area contributed by atoms with E-state index in [0.29, 0.717) is 12.8 Å². The highest BCUT2D eigenvalue weighted by Gasteiger charge is 2.29. The fourth-order valence-electron chi connectivity index (χ4n) is 4.99. The van der Waals surface area contributed by atoms with Gasteiger partial charge in [0.1, 0.15) is 11.7 Å². The topological polar surface area (TPSA) is 158 Å². The van der Waals surface area contributed by atoms with Crippen LogP contribution in [0, 0.1) is 0 Å². The molecule has 0 aromatic heterocycles. The molecule has 0 bridgehead atoms. The van der Waals surface area contributed by atoms with Crippen molar-refractivity contribution in [2.24, 2.45) is 5.11 Å². The van der Waals surface area contributed by atoms with Crippen LogP contribution in [-0.2, 0) is 32.4 Å². The zero-order valence-electron chi connectivity index (χ0n) is 30.8. The van der Waals surface area contributed by atoms with Crippen molar-refractivity contribution in [2.75, 3.05) is 26.4 Å². The minimum Gasteiger partial charge on any atom is -0.462 e. The summed E-state index contributed by atoms with van der Waals surface area (Å²) in [7, 11) is -4.05. The van der Waals surface area contributed by atoms with Crippen molar-refractivity contribution in [3.8, 4) is 0 Å². The Labute approximate surface area is 291 Å². The molecule has 0 saturated heterocycles. The van der Waals surface area contributed by atoms with Crippen molar-refractivity contribution in [2.45, 2.75) is 174 Å². The Morgan fingerprint density at radius 1 is 0.833 bits per heavy atom. The Morgan fingerprint density at radius 2 is 1.38 bits per heavy atom. The molecule has 0 saturated carbocycles. The largest absolute Gasteiger partial charge is 0.475 e. The van der Waals surface area contributed by atoms with Gasteiger partial charge in [-0.1, -0.05) is 115 Å². The smallest absolute Gasteiger partial charge is 0.462 e. The molecule has 0 rings (SSSR count). The maximum Gasteiger partial charge on any atom is 0.475 e. The molecular formula is C35H67N4O8P. The number of hydrogen-bond acceptors (Lipinski definition) is 9. The van der Waals surface area contributed by atoms with Gasteiger partial charge in [-0.15, -0.1) is 6.58 Å². The highest BCUT2D eigenvalue weighted by Crippen LogP contribution is 2.49. The molecule has 0 spiro atoms. The Balaban J connectivity index is 5.18. The lowest BCUT2D eigenvalue weighted by molar-refractivity contribution is -0.151. The molecule has 0 aliphatic rings. The van der Waals surface area contributed by atoms with Crippen molar-refractivity contribution < 1.29 is 37.2 Å². The van der Waals surface area contributed by atoms with Gasteiger partial charge < -0.3 is 14.8 Å². The third kappa shape index (κ3) is 27.8. The minimum atomic E-state index is -4.05. The monoisotopic (exact) mass is 702 g/mol. The predicted molar refractivity (Wildman–Crippen MR) is 192 cm³/mol. The number of nitrogens with one attached hydrogen (secondary N) is 1. The number of unbranched alkanes of at least 4 members (excludes halogenated alkanes) is 14. The second-order valence-electron chi connectivity index (χ2n) is 13.2. The van der Waals surface area contributed by atoms with E-state index in [1.54, 1.807) is 20.8 Å². The molecule has 280 valence electrons. The van der Waals surface area contributed by atoms with Crippen molar-refractivity contribution in [1.29, 1.82) is 0 Å². The summed E-state index contributed by atoms with van der Waals surface area (Å²) >= 11 is 0. The van der Waals surface area contributed by atoms with Gasteiger partial charge in [-0.2, -0.15) is 0 Å². The van der Waals surface area contributed by atoms with E-state index in [1.165, 1.54) is 70.3 Å². The number of amides is 1. The van der Waals surface area contributed by atoms with Gasteiger partial charge in [0.25, 0.3) is 0 Å². The SMILES string of the molecule is C=CCOP(=O)(OCCNC(=O)OC(C)(C)C)OCC[C@H](N=[N+]=[N-])C(CCCCCCCCCC)OC(=O)CCCCCCCCCC. The molecule has 0 radical (unpaired) electrons. The molecular weight excluding hydrogens is 635 g/mol. The number of ether oxygens (including phenoxy) is 2. The van der Waals surface area contributed by atoms with Crippen LogP contribution in [0.3, 0.4) is 0 Å². The maximum atomic E-state index is 13.3. The summed E-state index contributed by atoms with van der Waals surface area (Å²) in [5.41, 5.74) is 8.70. The van der Waals surface area contributed by atoms with Gasteiger partial charge in [0.05, 0.1) is 25.9 Å². The summed E-state index contributed by atoms with van der Waals surface area (Å²) in [5, 5.41) is 6.47. The zero-order chi connectivity index (χ0) is 35.9. The number of phosphoric acid groups is 1. The van der Waals surface area contributed by atoms with Gasteiger partial charge in [0, 0.05) is 17.9 Å². The summed E-state index contributed by atoms with van der Waals surface area (Å²) < 4.78 is 40.6. The van der Waals surface area contributed by atoms with E-state index in [-0.39, 0.29) is 38.8 Å². The number of nitrogens with zero attached hydrogens (tertiary/aromatic N) is 3. The molecule has 0 fully saturated rings. The second kappa shape index (κ2) is 29.8. The van der Waals surface area contributed by atoms with Crippen LogP contribution in [-0.4, -0.2) is 56.2 Å². The van der Waals surface area contributed by atoms with Crippen LogP contribution in [0.25, 0.3) is 10.4 Å². The first-order valence-corrected chi connectivity index (χ1v) is 19.8. The molecule has 1 N–H and O–H groups in total. The molecule has 0 aliphatic carbocycles. The number of rotatable bonds is 32. The first-order valence-electron chi connectivity index (χ1n) is 18.3. The van der Waals surface area contributed by atoms with Crippen LogP contribution in [0.1, 0.15) is 157 Å². The van der Waals surface area contributed by atoms with E-state index >= 15 is 0 Å². The average Bonchev–Trinajstić information content (AvgIpc) is 3.03. The molecule has 13 heteroatoms. The van der Waals surface area contributed by atoms with Crippen LogP contribution in [0.2, 0.25) is 0 Å². The van der Waals surface area contributed by atoms with E-state index in [2.05, 4.69) is 35.8 Å². The van der Waals surface area contributed by atoms with Crippen LogP contribution in [0.5, 0.6) is 0 Å². The van der Waals surface area contributed by atoms with Gasteiger partial charge in [-0.25, -0.2) is 9.36 Å². The summed E-state index contributed by atoms with van der Waals surface area (Å²) in [6.45, 7) is 12.8. The van der Waals surface area contributed by atoms with Crippen molar-refractivity contribution in [3.63, 3.8) is 0 Å². The fourth-order valence-corrected chi connectivity index (χ4v) is 6.15. The van der Waals surface area contributed by atoms with E-state index in [0.717, 1.165) is 38.5 Å². The number of azide groups is 1. The number of esters is 1. The number of alkyl carbamates (subject to hydrolysis) is 1. The van der Waals surface area contributed by atoms with Gasteiger partial charge in [0.15, 0.2) is 0 Å². The van der Waals surface area contributed by atoms with E-state index < -0.39 is 31.7 Å². The molecule has 3 atom stereocenters. The minimum absolute atomic E-state index is 0.0105. The Morgan fingerprint density at radius 3 is 1.92 bits per heavy atom. The second-order valence-corrected chi connectivity index (χ2v) is 14.9. The highest BCUT2D eigenvalue weighted by molar-refractivity contribution is 7.48. The standard InChI is InChI=1S/C35H67N4O8P/c1-7-10-12-14-16-18-20-22-24-32(46-33(40)25-23-21-19-17-15-13-11-8-2)31(38-39-36)26-29-44-48(42,43-28-9-3)45-30-27-37-34(41)47-35(4,5)6/h9,31-32H,3,7-8,10-30H2,1-2,4-6H3,(H,37,41)/t31-,32?,48?/m0/s1. The van der Waals surface area contributed by atoms with Crippen LogP contribution in [0.4, 0.5) is 4.79 Å². The van der Waals surface area contributed by atoms with Gasteiger partial charge >= 0.3 is 19.9 Å². The summed E-state index contributed by atoms with van der Waals surface area (Å²) in [4.78, 5) is 27.8. The molecule has 1 amide bonds. The first-order chi connectivity index (χ1) is 23.0.